The number of fused-ring (bicyclic) bond motifs is 1. The van der Waals surface area contributed by atoms with Crippen molar-refractivity contribution in [3.8, 4) is 0 Å². The van der Waals surface area contributed by atoms with Gasteiger partial charge in [-0.2, -0.15) is 0 Å². The van der Waals surface area contributed by atoms with E-state index in [1.807, 2.05) is 43.3 Å². The highest BCUT2D eigenvalue weighted by Crippen LogP contribution is 2.39. The highest BCUT2D eigenvalue weighted by atomic mass is 79.9. The summed E-state index contributed by atoms with van der Waals surface area (Å²) in [5, 5.41) is 2.83. The van der Waals surface area contributed by atoms with Gasteiger partial charge < -0.3 is 10.2 Å². The number of rotatable bonds is 2. The minimum absolute atomic E-state index is 0.0317. The Morgan fingerprint density at radius 2 is 1.96 bits per heavy atom. The second kappa shape index (κ2) is 6.16. The molecule has 1 aliphatic heterocycles. The third kappa shape index (κ3) is 3.01. The first-order chi connectivity index (χ1) is 11.0. The van der Waals surface area contributed by atoms with E-state index >= 15 is 0 Å². The molecule has 2 aromatic rings. The highest BCUT2D eigenvalue weighted by molar-refractivity contribution is 9.10. The van der Waals surface area contributed by atoms with E-state index in [4.69, 9.17) is 0 Å². The molecule has 0 bridgehead atoms. The first-order valence-electron chi connectivity index (χ1n) is 7.45. The Hall–Kier alpha value is -2.14. The third-order valence-electron chi connectivity index (χ3n) is 3.96. The van der Waals surface area contributed by atoms with E-state index in [1.54, 1.807) is 4.90 Å². The third-order valence-corrected chi connectivity index (χ3v) is 4.42. The van der Waals surface area contributed by atoms with E-state index in [2.05, 4.69) is 21.2 Å². The zero-order chi connectivity index (χ0) is 16.6. The van der Waals surface area contributed by atoms with Gasteiger partial charge in [0.1, 0.15) is 0 Å². The average molecular weight is 373 g/mol. The maximum atomic E-state index is 13.0. The Kier molecular flexibility index (Phi) is 4.22. The molecule has 0 fully saturated rings. The van der Waals surface area contributed by atoms with Crippen LogP contribution >= 0.6 is 15.9 Å². The van der Waals surface area contributed by atoms with Gasteiger partial charge in [-0.05, 0) is 42.7 Å². The van der Waals surface area contributed by atoms with E-state index in [0.717, 1.165) is 27.7 Å². The molecule has 0 atom stereocenters. The molecule has 0 saturated carbocycles. The molecule has 2 amide bonds. The van der Waals surface area contributed by atoms with Gasteiger partial charge in [-0.1, -0.05) is 34.1 Å². The van der Waals surface area contributed by atoms with Crippen LogP contribution in [0.3, 0.4) is 0 Å². The summed E-state index contributed by atoms with van der Waals surface area (Å²) in [7, 11) is 0. The monoisotopic (exact) mass is 372 g/mol. The second-order valence-corrected chi connectivity index (χ2v) is 6.58. The van der Waals surface area contributed by atoms with Crippen molar-refractivity contribution in [3.05, 3.63) is 57.6 Å². The van der Waals surface area contributed by atoms with Crippen LogP contribution in [-0.2, 0) is 11.2 Å². The predicted molar refractivity (Wildman–Crippen MR) is 95.0 cm³/mol. The molecule has 2 aromatic carbocycles. The molecule has 0 radical (unpaired) electrons. The van der Waals surface area contributed by atoms with Gasteiger partial charge in [-0.15, -0.1) is 0 Å². The number of carbonyl (C=O) groups is 2. The molecule has 1 aliphatic rings. The number of amides is 2. The van der Waals surface area contributed by atoms with E-state index in [1.165, 1.54) is 6.92 Å². The zero-order valence-corrected chi connectivity index (χ0v) is 14.6. The lowest BCUT2D eigenvalue weighted by Crippen LogP contribution is -2.30. The van der Waals surface area contributed by atoms with Crippen LogP contribution in [0.4, 0.5) is 11.4 Å². The quantitative estimate of drug-likeness (QED) is 0.868. The maximum Gasteiger partial charge on any atom is 0.258 e. The minimum Gasteiger partial charge on any atom is -0.324 e. The Morgan fingerprint density at radius 3 is 2.65 bits per heavy atom. The normalized spacial score (nSPS) is 12.9. The summed E-state index contributed by atoms with van der Waals surface area (Å²) >= 11 is 3.46. The Labute approximate surface area is 143 Å². The number of hydrogen-bond donors (Lipinski definition) is 1. The highest BCUT2D eigenvalue weighted by Gasteiger charge is 2.29. The number of hydrogen-bond acceptors (Lipinski definition) is 2. The summed E-state index contributed by atoms with van der Waals surface area (Å²) in [6, 6.07) is 11.4. The van der Waals surface area contributed by atoms with Crippen molar-refractivity contribution in [1.82, 2.24) is 0 Å². The number of halogens is 1. The van der Waals surface area contributed by atoms with Crippen molar-refractivity contribution in [3.63, 3.8) is 0 Å². The molecule has 0 unspecified atom stereocenters. The molecular weight excluding hydrogens is 356 g/mol. The number of carbonyl (C=O) groups excluding carboxylic acids is 2. The Bertz CT molecular complexity index is 802. The van der Waals surface area contributed by atoms with E-state index in [-0.39, 0.29) is 11.8 Å². The SMILES string of the molecule is CC(=O)Nc1cc(Br)cc2c1N(C(=O)c1ccccc1C)CC2. The summed E-state index contributed by atoms with van der Waals surface area (Å²) in [5.74, 6) is -0.184. The molecule has 0 spiro atoms. The summed E-state index contributed by atoms with van der Waals surface area (Å²) in [6.07, 6.45) is 0.777. The summed E-state index contributed by atoms with van der Waals surface area (Å²) in [6.45, 7) is 4.02. The maximum absolute atomic E-state index is 13.0. The molecule has 0 saturated heterocycles. The van der Waals surface area contributed by atoms with Crippen molar-refractivity contribution in [2.45, 2.75) is 20.3 Å². The standard InChI is InChI=1S/C18H17BrN2O2/c1-11-5-3-4-6-15(11)18(23)21-8-7-13-9-14(19)10-16(17(13)21)20-12(2)22/h3-6,9-10H,7-8H2,1-2H3,(H,20,22). The zero-order valence-electron chi connectivity index (χ0n) is 13.0. The first-order valence-corrected chi connectivity index (χ1v) is 8.24. The largest absolute Gasteiger partial charge is 0.324 e. The van der Waals surface area contributed by atoms with Gasteiger partial charge in [0.15, 0.2) is 0 Å². The van der Waals surface area contributed by atoms with Crippen molar-refractivity contribution in [2.24, 2.45) is 0 Å². The lowest BCUT2D eigenvalue weighted by atomic mass is 10.1. The molecule has 0 aliphatic carbocycles. The number of nitrogens with one attached hydrogen (secondary N) is 1. The molecule has 3 rings (SSSR count). The number of benzene rings is 2. The molecule has 23 heavy (non-hydrogen) atoms. The number of nitrogens with zero attached hydrogens (tertiary/aromatic N) is 1. The topological polar surface area (TPSA) is 49.4 Å². The van der Waals surface area contributed by atoms with Gasteiger partial charge in [-0.25, -0.2) is 0 Å². The smallest absolute Gasteiger partial charge is 0.258 e. The van der Waals surface area contributed by atoms with E-state index in [9.17, 15) is 9.59 Å². The predicted octanol–water partition coefficient (Wildman–Crippen LogP) is 3.92. The average Bonchev–Trinajstić information content (AvgIpc) is 2.90. The van der Waals surface area contributed by atoms with Crippen LogP contribution in [0, 0.1) is 6.92 Å². The number of anilines is 2. The van der Waals surface area contributed by atoms with Crippen LogP contribution in [0.5, 0.6) is 0 Å². The fourth-order valence-electron chi connectivity index (χ4n) is 2.96. The minimum atomic E-state index is -0.152. The van der Waals surface area contributed by atoms with Crippen molar-refractivity contribution >= 4 is 39.1 Å². The second-order valence-electron chi connectivity index (χ2n) is 5.66. The molecule has 4 nitrogen and oxygen atoms in total. The molecule has 5 heteroatoms. The van der Waals surface area contributed by atoms with Crippen LogP contribution in [0.2, 0.25) is 0 Å². The van der Waals surface area contributed by atoms with Crippen molar-refractivity contribution < 1.29 is 9.59 Å². The Balaban J connectivity index is 2.05. The molecule has 118 valence electrons. The summed E-state index contributed by atoms with van der Waals surface area (Å²) in [5.41, 5.74) is 4.17. The molecular formula is C18H17BrN2O2. The fraction of sp³-hybridized carbons (Fsp3) is 0.222. The van der Waals surface area contributed by atoms with Gasteiger partial charge in [0.05, 0.1) is 11.4 Å². The van der Waals surface area contributed by atoms with Crippen LogP contribution in [0.25, 0.3) is 0 Å². The molecule has 1 N–H and O–H groups in total. The lowest BCUT2D eigenvalue weighted by Gasteiger charge is -2.21. The number of aryl methyl sites for hydroxylation is 1. The fourth-order valence-corrected chi connectivity index (χ4v) is 3.46. The van der Waals surface area contributed by atoms with Gasteiger partial charge >= 0.3 is 0 Å². The van der Waals surface area contributed by atoms with Crippen LogP contribution < -0.4 is 10.2 Å². The van der Waals surface area contributed by atoms with Gasteiger partial charge in [0.25, 0.3) is 5.91 Å². The van der Waals surface area contributed by atoms with E-state index in [0.29, 0.717) is 17.8 Å². The van der Waals surface area contributed by atoms with Gasteiger partial charge in [0.2, 0.25) is 5.91 Å². The first kappa shape index (κ1) is 15.7. The lowest BCUT2D eigenvalue weighted by molar-refractivity contribution is -0.114. The summed E-state index contributed by atoms with van der Waals surface area (Å²) in [4.78, 5) is 26.2. The van der Waals surface area contributed by atoms with Crippen LogP contribution in [-0.4, -0.2) is 18.4 Å². The van der Waals surface area contributed by atoms with Gasteiger partial charge in [0, 0.05) is 23.5 Å². The molecule has 0 aromatic heterocycles. The van der Waals surface area contributed by atoms with Gasteiger partial charge in [-0.3, -0.25) is 9.59 Å². The molecule has 1 heterocycles. The van der Waals surface area contributed by atoms with Crippen molar-refractivity contribution in [1.29, 1.82) is 0 Å². The van der Waals surface area contributed by atoms with Crippen LogP contribution in [0.1, 0.15) is 28.4 Å². The summed E-state index contributed by atoms with van der Waals surface area (Å²) < 4.78 is 0.894. The van der Waals surface area contributed by atoms with Crippen LogP contribution in [0.15, 0.2) is 40.9 Å². The van der Waals surface area contributed by atoms with Crippen molar-refractivity contribution in [2.75, 3.05) is 16.8 Å². The Morgan fingerprint density at radius 1 is 1.22 bits per heavy atom. The van der Waals surface area contributed by atoms with E-state index < -0.39 is 0 Å².